The van der Waals surface area contributed by atoms with Crippen molar-refractivity contribution in [1.82, 2.24) is 0 Å². The Labute approximate surface area is 137 Å². The second-order valence-electron chi connectivity index (χ2n) is 5.07. The van der Waals surface area contributed by atoms with Gasteiger partial charge in [-0.15, -0.1) is 0 Å². The smallest absolute Gasteiger partial charge is 0.120 e. The van der Waals surface area contributed by atoms with E-state index >= 15 is 0 Å². The van der Waals surface area contributed by atoms with Gasteiger partial charge in [0.1, 0.15) is 23.7 Å². The average Bonchev–Trinajstić information content (AvgIpc) is 2.56. The van der Waals surface area contributed by atoms with E-state index in [2.05, 4.69) is 0 Å². The molecule has 0 N–H and O–H groups in total. The monoisotopic (exact) mass is 310 g/mol. The molecule has 0 saturated carbocycles. The molecule has 2 atom stereocenters. The molecular formula is C20H22O3. The fourth-order valence-electron chi connectivity index (χ4n) is 1.86. The van der Waals surface area contributed by atoms with Crippen LogP contribution in [0.15, 0.2) is 85.3 Å². The lowest BCUT2D eigenvalue weighted by Gasteiger charge is -2.10. The van der Waals surface area contributed by atoms with Crippen LogP contribution in [-0.4, -0.2) is 12.2 Å². The van der Waals surface area contributed by atoms with E-state index in [9.17, 15) is 0 Å². The van der Waals surface area contributed by atoms with Crippen LogP contribution in [0.5, 0.6) is 11.5 Å². The molecule has 23 heavy (non-hydrogen) atoms. The SMILES string of the molecule is CC(/C=C/O/C=C/C(C)Oc1ccccc1)Oc1ccccc1. The Kier molecular flexibility index (Phi) is 6.79. The van der Waals surface area contributed by atoms with Gasteiger partial charge in [0.2, 0.25) is 0 Å². The summed E-state index contributed by atoms with van der Waals surface area (Å²) in [5.74, 6) is 1.68. The first-order valence-electron chi connectivity index (χ1n) is 7.66. The Morgan fingerprint density at radius 1 is 0.652 bits per heavy atom. The third-order valence-corrected chi connectivity index (χ3v) is 2.99. The molecule has 0 radical (unpaired) electrons. The van der Waals surface area contributed by atoms with Crippen molar-refractivity contribution < 1.29 is 14.2 Å². The normalized spacial score (nSPS) is 13.8. The molecule has 3 nitrogen and oxygen atoms in total. The van der Waals surface area contributed by atoms with Gasteiger partial charge in [0.25, 0.3) is 0 Å². The van der Waals surface area contributed by atoms with Crippen molar-refractivity contribution in [1.29, 1.82) is 0 Å². The summed E-state index contributed by atoms with van der Waals surface area (Å²) in [7, 11) is 0. The van der Waals surface area contributed by atoms with Crippen molar-refractivity contribution >= 4 is 0 Å². The van der Waals surface area contributed by atoms with Gasteiger partial charge in [-0.25, -0.2) is 0 Å². The molecule has 2 aromatic rings. The zero-order valence-corrected chi connectivity index (χ0v) is 13.5. The molecule has 0 aliphatic carbocycles. The molecule has 0 saturated heterocycles. The minimum absolute atomic E-state index is 0.0659. The summed E-state index contributed by atoms with van der Waals surface area (Å²) < 4.78 is 16.7. The molecule has 0 amide bonds. The lowest BCUT2D eigenvalue weighted by Crippen LogP contribution is -2.08. The Bertz CT molecular complexity index is 550. The Balaban J connectivity index is 1.69. The molecule has 0 fully saturated rings. The van der Waals surface area contributed by atoms with Crippen LogP contribution in [0.25, 0.3) is 0 Å². The van der Waals surface area contributed by atoms with Crippen LogP contribution >= 0.6 is 0 Å². The zero-order chi connectivity index (χ0) is 16.3. The third-order valence-electron chi connectivity index (χ3n) is 2.99. The van der Waals surface area contributed by atoms with Crippen molar-refractivity contribution in [3.05, 3.63) is 85.3 Å². The molecule has 2 rings (SSSR count). The van der Waals surface area contributed by atoms with Crippen molar-refractivity contribution in [3.63, 3.8) is 0 Å². The van der Waals surface area contributed by atoms with Gasteiger partial charge < -0.3 is 14.2 Å². The van der Waals surface area contributed by atoms with E-state index in [0.717, 1.165) is 11.5 Å². The van der Waals surface area contributed by atoms with Crippen LogP contribution in [0.1, 0.15) is 13.8 Å². The van der Waals surface area contributed by atoms with E-state index in [0.29, 0.717) is 0 Å². The highest BCUT2D eigenvalue weighted by Gasteiger charge is 1.99. The van der Waals surface area contributed by atoms with E-state index in [4.69, 9.17) is 14.2 Å². The van der Waals surface area contributed by atoms with E-state index in [1.165, 1.54) is 0 Å². The van der Waals surface area contributed by atoms with E-state index in [1.54, 1.807) is 12.5 Å². The first kappa shape index (κ1) is 16.7. The molecule has 0 bridgehead atoms. The van der Waals surface area contributed by atoms with Gasteiger partial charge in [-0.2, -0.15) is 0 Å². The molecule has 2 unspecified atom stereocenters. The second-order valence-corrected chi connectivity index (χ2v) is 5.07. The largest absolute Gasteiger partial charge is 0.487 e. The number of ether oxygens (including phenoxy) is 3. The summed E-state index contributed by atoms with van der Waals surface area (Å²) >= 11 is 0. The molecular weight excluding hydrogens is 288 g/mol. The summed E-state index contributed by atoms with van der Waals surface area (Å²) in [6, 6.07) is 19.4. The van der Waals surface area contributed by atoms with Crippen LogP contribution < -0.4 is 9.47 Å². The summed E-state index contributed by atoms with van der Waals surface area (Å²) in [4.78, 5) is 0. The van der Waals surface area contributed by atoms with Crippen molar-refractivity contribution in [2.45, 2.75) is 26.1 Å². The highest BCUT2D eigenvalue weighted by atomic mass is 16.5. The second kappa shape index (κ2) is 9.36. The van der Waals surface area contributed by atoms with Crippen LogP contribution in [0, 0.1) is 0 Å². The Morgan fingerprint density at radius 3 is 1.43 bits per heavy atom. The molecule has 3 heteroatoms. The summed E-state index contributed by atoms with van der Waals surface area (Å²) in [6.45, 7) is 3.91. The van der Waals surface area contributed by atoms with Gasteiger partial charge in [0.05, 0.1) is 12.5 Å². The first-order valence-corrected chi connectivity index (χ1v) is 7.66. The molecule has 0 spiro atoms. The minimum Gasteiger partial charge on any atom is -0.487 e. The predicted octanol–water partition coefficient (Wildman–Crippen LogP) is 4.97. The lowest BCUT2D eigenvalue weighted by molar-refractivity contribution is 0.258. The molecule has 2 aromatic carbocycles. The first-order chi connectivity index (χ1) is 11.2. The highest BCUT2D eigenvalue weighted by molar-refractivity contribution is 5.22. The fourth-order valence-corrected chi connectivity index (χ4v) is 1.86. The van der Waals surface area contributed by atoms with Crippen molar-refractivity contribution in [2.24, 2.45) is 0 Å². The van der Waals surface area contributed by atoms with Gasteiger partial charge in [0.15, 0.2) is 0 Å². The lowest BCUT2D eigenvalue weighted by atomic mass is 10.3. The van der Waals surface area contributed by atoms with Gasteiger partial charge >= 0.3 is 0 Å². The Hall–Kier alpha value is -2.68. The Morgan fingerprint density at radius 2 is 1.04 bits per heavy atom. The molecule has 120 valence electrons. The maximum atomic E-state index is 5.71. The number of hydrogen-bond donors (Lipinski definition) is 0. The quantitative estimate of drug-likeness (QED) is 0.645. The average molecular weight is 310 g/mol. The number of para-hydroxylation sites is 2. The van der Waals surface area contributed by atoms with E-state index in [-0.39, 0.29) is 12.2 Å². The summed E-state index contributed by atoms with van der Waals surface area (Å²) in [6.07, 6.45) is 6.78. The van der Waals surface area contributed by atoms with Gasteiger partial charge in [-0.1, -0.05) is 36.4 Å². The third kappa shape index (κ3) is 6.74. The van der Waals surface area contributed by atoms with E-state index in [1.807, 2.05) is 86.7 Å². The van der Waals surface area contributed by atoms with Gasteiger partial charge in [-0.05, 0) is 50.3 Å². The summed E-state index contributed by atoms with van der Waals surface area (Å²) in [5, 5.41) is 0. The van der Waals surface area contributed by atoms with E-state index < -0.39 is 0 Å². The molecule has 0 aliphatic rings. The predicted molar refractivity (Wildman–Crippen MR) is 92.4 cm³/mol. The highest BCUT2D eigenvalue weighted by Crippen LogP contribution is 2.12. The minimum atomic E-state index is -0.0659. The maximum absolute atomic E-state index is 5.71. The van der Waals surface area contributed by atoms with Gasteiger partial charge in [0, 0.05) is 0 Å². The maximum Gasteiger partial charge on any atom is 0.120 e. The standard InChI is InChI=1S/C20H22O3/c1-17(22-19-9-5-3-6-10-19)13-15-21-16-14-18(2)23-20-11-7-4-8-12-20/h3-18H,1-2H3/b15-13+,16-14+. The fraction of sp³-hybridized carbons (Fsp3) is 0.200. The topological polar surface area (TPSA) is 27.7 Å². The van der Waals surface area contributed by atoms with Gasteiger partial charge in [-0.3, -0.25) is 0 Å². The molecule has 0 aromatic heterocycles. The molecule has 0 heterocycles. The summed E-state index contributed by atoms with van der Waals surface area (Å²) in [5.41, 5.74) is 0. The van der Waals surface area contributed by atoms with Crippen LogP contribution in [0.2, 0.25) is 0 Å². The number of rotatable bonds is 8. The van der Waals surface area contributed by atoms with Crippen molar-refractivity contribution in [2.75, 3.05) is 0 Å². The molecule has 0 aliphatic heterocycles. The number of hydrogen-bond acceptors (Lipinski definition) is 3. The zero-order valence-electron chi connectivity index (χ0n) is 13.5. The number of benzene rings is 2. The van der Waals surface area contributed by atoms with Crippen LogP contribution in [-0.2, 0) is 4.74 Å². The van der Waals surface area contributed by atoms with Crippen LogP contribution in [0.4, 0.5) is 0 Å². The van der Waals surface area contributed by atoms with Crippen LogP contribution in [0.3, 0.4) is 0 Å². The van der Waals surface area contributed by atoms with Crippen molar-refractivity contribution in [3.8, 4) is 11.5 Å².